The summed E-state index contributed by atoms with van der Waals surface area (Å²) in [6, 6.07) is 2.99. The van der Waals surface area contributed by atoms with Gasteiger partial charge in [-0.15, -0.1) is 0 Å². The molecule has 0 amide bonds. The van der Waals surface area contributed by atoms with E-state index in [1.54, 1.807) is 6.92 Å². The zero-order valence-electron chi connectivity index (χ0n) is 12.1. The fraction of sp³-hybridized carbons (Fsp3) is 0.429. The van der Waals surface area contributed by atoms with Crippen molar-refractivity contribution in [3.63, 3.8) is 0 Å². The van der Waals surface area contributed by atoms with Crippen LogP contribution in [0.3, 0.4) is 0 Å². The monoisotopic (exact) mass is 304 g/mol. The normalized spacial score (nSPS) is 18.0. The van der Waals surface area contributed by atoms with Crippen LogP contribution in [-0.4, -0.2) is 27.1 Å². The lowest BCUT2D eigenvalue weighted by molar-refractivity contribution is -0.385. The van der Waals surface area contributed by atoms with Gasteiger partial charge in [0.05, 0.1) is 16.0 Å². The van der Waals surface area contributed by atoms with Crippen LogP contribution in [0.25, 0.3) is 11.0 Å². The van der Waals surface area contributed by atoms with E-state index < -0.39 is 16.0 Å². The van der Waals surface area contributed by atoms with Gasteiger partial charge in [-0.05, 0) is 32.4 Å². The van der Waals surface area contributed by atoms with Crippen LogP contribution in [0.2, 0.25) is 0 Å². The number of aromatic nitrogens is 2. The van der Waals surface area contributed by atoms with E-state index in [2.05, 4.69) is 10.3 Å². The number of aryl methyl sites for hydroxylation is 1. The second-order valence-corrected chi connectivity index (χ2v) is 5.58. The minimum absolute atomic E-state index is 0.0629. The molecule has 8 nitrogen and oxygen atoms in total. The molecule has 1 aromatic carbocycles. The Hall–Kier alpha value is -2.48. The van der Waals surface area contributed by atoms with Gasteiger partial charge >= 0.3 is 11.1 Å². The zero-order valence-corrected chi connectivity index (χ0v) is 12.1. The van der Waals surface area contributed by atoms with Crippen LogP contribution >= 0.6 is 0 Å². The molecule has 1 unspecified atom stereocenters. The Bertz CT molecular complexity index is 861. The molecule has 3 rings (SSSR count). The summed E-state index contributed by atoms with van der Waals surface area (Å²) in [6.07, 6.45) is 1.93. The van der Waals surface area contributed by atoms with E-state index in [1.165, 1.54) is 16.7 Å². The first kappa shape index (κ1) is 14.5. The van der Waals surface area contributed by atoms with Crippen LogP contribution < -0.4 is 16.4 Å². The molecule has 8 heteroatoms. The maximum atomic E-state index is 12.2. The van der Waals surface area contributed by atoms with Crippen LogP contribution in [0.15, 0.2) is 21.7 Å². The number of nitro groups is 1. The van der Waals surface area contributed by atoms with Crippen LogP contribution in [-0.2, 0) is 6.54 Å². The van der Waals surface area contributed by atoms with Crippen molar-refractivity contribution in [2.45, 2.75) is 32.4 Å². The van der Waals surface area contributed by atoms with Crippen molar-refractivity contribution in [3.05, 3.63) is 48.5 Å². The number of rotatable bonds is 3. The predicted molar refractivity (Wildman–Crippen MR) is 81.2 cm³/mol. The topological polar surface area (TPSA) is 110 Å². The minimum atomic E-state index is -0.709. The van der Waals surface area contributed by atoms with Crippen molar-refractivity contribution in [1.82, 2.24) is 14.9 Å². The van der Waals surface area contributed by atoms with Gasteiger partial charge in [0, 0.05) is 24.2 Å². The van der Waals surface area contributed by atoms with E-state index in [9.17, 15) is 19.7 Å². The highest BCUT2D eigenvalue weighted by atomic mass is 16.6. The Labute approximate surface area is 124 Å². The number of nitro benzene ring substituents is 1. The maximum Gasteiger partial charge on any atom is 0.316 e. The summed E-state index contributed by atoms with van der Waals surface area (Å²) in [6.45, 7) is 2.81. The molecular weight excluding hydrogens is 288 g/mol. The standard InChI is InChI=1S/C14H16N4O4/c1-8-5-10-12(6-11(8)18(21)22)17(14(20)13(19)16-10)7-9-3-2-4-15-9/h5-6,9,15H,2-4,7H2,1H3,(H,16,19). The molecule has 116 valence electrons. The van der Waals surface area contributed by atoms with Crippen molar-refractivity contribution in [1.29, 1.82) is 0 Å². The maximum absolute atomic E-state index is 12.2. The van der Waals surface area contributed by atoms with E-state index in [1.807, 2.05) is 0 Å². The molecule has 0 aliphatic carbocycles. The molecule has 1 fully saturated rings. The molecule has 1 aliphatic rings. The first-order valence-corrected chi connectivity index (χ1v) is 7.12. The quantitative estimate of drug-likeness (QED) is 0.491. The summed E-state index contributed by atoms with van der Waals surface area (Å²) >= 11 is 0. The molecular formula is C14H16N4O4. The fourth-order valence-corrected chi connectivity index (χ4v) is 2.93. The van der Waals surface area contributed by atoms with Crippen molar-refractivity contribution >= 4 is 16.7 Å². The van der Waals surface area contributed by atoms with Crippen molar-refractivity contribution < 1.29 is 4.92 Å². The highest BCUT2D eigenvalue weighted by Crippen LogP contribution is 2.23. The Morgan fingerprint density at radius 1 is 1.41 bits per heavy atom. The van der Waals surface area contributed by atoms with Crippen LogP contribution in [0.5, 0.6) is 0 Å². The largest absolute Gasteiger partial charge is 0.316 e. The van der Waals surface area contributed by atoms with Gasteiger partial charge in [0.15, 0.2) is 0 Å². The second-order valence-electron chi connectivity index (χ2n) is 5.58. The lowest BCUT2D eigenvalue weighted by Gasteiger charge is -2.15. The molecule has 2 aromatic rings. The van der Waals surface area contributed by atoms with Crippen molar-refractivity contribution in [3.8, 4) is 0 Å². The van der Waals surface area contributed by atoms with Gasteiger partial charge in [-0.3, -0.25) is 19.7 Å². The summed E-state index contributed by atoms with van der Waals surface area (Å²) in [5.74, 6) is 0. The summed E-state index contributed by atoms with van der Waals surface area (Å²) < 4.78 is 1.34. The molecule has 1 atom stereocenters. The lowest BCUT2D eigenvalue weighted by atomic mass is 10.1. The fourth-order valence-electron chi connectivity index (χ4n) is 2.93. The summed E-state index contributed by atoms with van der Waals surface area (Å²) in [5.41, 5.74) is -0.191. The van der Waals surface area contributed by atoms with Gasteiger partial charge in [0.2, 0.25) is 0 Å². The van der Waals surface area contributed by atoms with E-state index in [-0.39, 0.29) is 11.7 Å². The van der Waals surface area contributed by atoms with Gasteiger partial charge in [-0.2, -0.15) is 0 Å². The number of H-pyrrole nitrogens is 1. The van der Waals surface area contributed by atoms with E-state index in [0.717, 1.165) is 19.4 Å². The number of benzene rings is 1. The van der Waals surface area contributed by atoms with Crippen molar-refractivity contribution in [2.24, 2.45) is 0 Å². The second kappa shape index (κ2) is 5.38. The van der Waals surface area contributed by atoms with E-state index >= 15 is 0 Å². The molecule has 0 spiro atoms. The molecule has 0 saturated carbocycles. The smallest absolute Gasteiger partial charge is 0.316 e. The van der Waals surface area contributed by atoms with Gasteiger partial charge in [-0.1, -0.05) is 0 Å². The van der Waals surface area contributed by atoms with Crippen molar-refractivity contribution in [2.75, 3.05) is 6.54 Å². The Morgan fingerprint density at radius 2 is 2.18 bits per heavy atom. The molecule has 2 heterocycles. The highest BCUT2D eigenvalue weighted by Gasteiger charge is 2.20. The number of hydrogen-bond acceptors (Lipinski definition) is 5. The highest BCUT2D eigenvalue weighted by molar-refractivity contribution is 5.79. The third-order valence-electron chi connectivity index (χ3n) is 4.05. The zero-order chi connectivity index (χ0) is 15.9. The number of nitrogens with zero attached hydrogens (tertiary/aromatic N) is 2. The SMILES string of the molecule is Cc1cc2[nH]c(=O)c(=O)n(CC3CCCN3)c2cc1[N+](=O)[O-]. The Morgan fingerprint density at radius 3 is 2.82 bits per heavy atom. The molecule has 1 aromatic heterocycles. The number of fused-ring (bicyclic) bond motifs is 1. The molecule has 1 saturated heterocycles. The summed E-state index contributed by atoms with van der Waals surface area (Å²) in [4.78, 5) is 37.1. The van der Waals surface area contributed by atoms with E-state index in [4.69, 9.17) is 0 Å². The average Bonchev–Trinajstić information content (AvgIpc) is 2.96. The summed E-state index contributed by atoms with van der Waals surface area (Å²) in [5, 5.41) is 14.4. The molecule has 2 N–H and O–H groups in total. The predicted octanol–water partition coefficient (Wildman–Crippen LogP) is 0.658. The van der Waals surface area contributed by atoms with Gasteiger partial charge in [0.25, 0.3) is 5.69 Å². The third-order valence-corrected chi connectivity index (χ3v) is 4.05. The average molecular weight is 304 g/mol. The lowest BCUT2D eigenvalue weighted by Crippen LogP contribution is -2.40. The molecule has 0 bridgehead atoms. The summed E-state index contributed by atoms with van der Waals surface area (Å²) in [7, 11) is 0. The number of nitrogens with one attached hydrogen (secondary N) is 2. The van der Waals surface area contributed by atoms with Gasteiger partial charge in [0.1, 0.15) is 0 Å². The Balaban J connectivity index is 2.24. The number of hydrogen-bond donors (Lipinski definition) is 2. The van der Waals surface area contributed by atoms with Gasteiger partial charge < -0.3 is 14.9 Å². The van der Waals surface area contributed by atoms with Gasteiger partial charge in [-0.25, -0.2) is 0 Å². The molecule has 1 aliphatic heterocycles. The van der Waals surface area contributed by atoms with Crippen LogP contribution in [0.4, 0.5) is 5.69 Å². The third kappa shape index (κ3) is 2.41. The van der Waals surface area contributed by atoms with Crippen LogP contribution in [0.1, 0.15) is 18.4 Å². The number of aromatic amines is 1. The van der Waals surface area contributed by atoms with E-state index in [0.29, 0.717) is 23.1 Å². The minimum Gasteiger partial charge on any atom is -0.316 e. The first-order chi connectivity index (χ1) is 10.5. The molecule has 22 heavy (non-hydrogen) atoms. The Kier molecular flexibility index (Phi) is 3.53. The first-order valence-electron chi connectivity index (χ1n) is 7.12. The molecule has 0 radical (unpaired) electrons. The van der Waals surface area contributed by atoms with Crippen LogP contribution in [0, 0.1) is 17.0 Å².